The van der Waals surface area contributed by atoms with E-state index in [4.69, 9.17) is 4.74 Å². The smallest absolute Gasteiger partial charge is 0.416 e. The van der Waals surface area contributed by atoms with Crippen LogP contribution in [0, 0.1) is 10.1 Å². The maximum absolute atomic E-state index is 12.7. The van der Waals surface area contributed by atoms with Crippen molar-refractivity contribution in [1.82, 2.24) is 0 Å². The Hall–Kier alpha value is -2.75. The van der Waals surface area contributed by atoms with Gasteiger partial charge in [0.25, 0.3) is 5.69 Å². The third-order valence-electron chi connectivity index (χ3n) is 3.50. The minimum absolute atomic E-state index is 0.0181. The third kappa shape index (κ3) is 5.88. The van der Waals surface area contributed by atoms with Crippen LogP contribution in [0.3, 0.4) is 0 Å². The molecule has 0 amide bonds. The number of carbonyl (C=O) groups is 1. The molecule has 0 saturated heterocycles. The fourth-order valence-electron chi connectivity index (χ4n) is 2.11. The van der Waals surface area contributed by atoms with Gasteiger partial charge in [0.1, 0.15) is 18.8 Å². The molecule has 2 aromatic rings. The number of anilines is 1. The van der Waals surface area contributed by atoms with Crippen LogP contribution < -0.4 is 5.32 Å². The number of benzene rings is 2. The molecule has 2 aromatic carbocycles. The average molecular weight is 400 g/mol. The second-order valence-corrected chi connectivity index (χ2v) is 6.23. The average Bonchev–Trinajstić information content (AvgIpc) is 2.64. The van der Waals surface area contributed by atoms with Crippen molar-refractivity contribution in [2.75, 3.05) is 18.1 Å². The first kappa shape index (κ1) is 20.6. The summed E-state index contributed by atoms with van der Waals surface area (Å²) in [7, 11) is 0. The van der Waals surface area contributed by atoms with Crippen molar-refractivity contribution in [1.29, 1.82) is 0 Å². The molecule has 0 atom stereocenters. The van der Waals surface area contributed by atoms with Gasteiger partial charge in [0, 0.05) is 11.0 Å². The fraction of sp³-hybridized carbons (Fsp3) is 0.235. The molecular formula is C17H15F3N2O4S. The SMILES string of the molecule is CSc1ccc(COC(=O)CNc2ccc(C(F)(F)F)cc2[N+](=O)[O-])cc1. The van der Waals surface area contributed by atoms with Crippen molar-refractivity contribution < 1.29 is 27.6 Å². The topological polar surface area (TPSA) is 81.5 Å². The lowest BCUT2D eigenvalue weighted by Crippen LogP contribution is -2.17. The van der Waals surface area contributed by atoms with Crippen LogP contribution in [0.4, 0.5) is 24.5 Å². The van der Waals surface area contributed by atoms with Crippen LogP contribution >= 0.6 is 11.8 Å². The molecule has 0 fully saturated rings. The first-order valence-electron chi connectivity index (χ1n) is 7.59. The second kappa shape index (κ2) is 8.76. The molecule has 10 heteroatoms. The minimum Gasteiger partial charge on any atom is -0.460 e. The Balaban J connectivity index is 1.96. The summed E-state index contributed by atoms with van der Waals surface area (Å²) in [5.74, 6) is -0.696. The number of alkyl halides is 3. The number of ether oxygens (including phenoxy) is 1. The predicted molar refractivity (Wildman–Crippen MR) is 94.6 cm³/mol. The van der Waals surface area contributed by atoms with E-state index in [9.17, 15) is 28.1 Å². The van der Waals surface area contributed by atoms with Crippen molar-refractivity contribution in [3.05, 3.63) is 63.7 Å². The Bertz CT molecular complexity index is 826. The molecule has 0 aliphatic carbocycles. The zero-order valence-corrected chi connectivity index (χ0v) is 14.9. The van der Waals surface area contributed by atoms with Gasteiger partial charge in [-0.2, -0.15) is 13.2 Å². The van der Waals surface area contributed by atoms with Crippen LogP contribution in [-0.4, -0.2) is 23.7 Å². The summed E-state index contributed by atoms with van der Waals surface area (Å²) >= 11 is 1.57. The lowest BCUT2D eigenvalue weighted by atomic mass is 10.1. The summed E-state index contributed by atoms with van der Waals surface area (Å²) in [4.78, 5) is 22.9. The van der Waals surface area contributed by atoms with Crippen LogP contribution in [0.15, 0.2) is 47.4 Å². The summed E-state index contributed by atoms with van der Waals surface area (Å²) < 4.78 is 43.0. The molecule has 144 valence electrons. The molecule has 0 aliphatic rings. The summed E-state index contributed by atoms with van der Waals surface area (Å²) in [6.45, 7) is -0.403. The number of nitrogens with one attached hydrogen (secondary N) is 1. The number of halogens is 3. The molecular weight excluding hydrogens is 385 g/mol. The van der Waals surface area contributed by atoms with Crippen molar-refractivity contribution in [3.63, 3.8) is 0 Å². The van der Waals surface area contributed by atoms with E-state index in [1.54, 1.807) is 23.9 Å². The van der Waals surface area contributed by atoms with Crippen LogP contribution in [0.2, 0.25) is 0 Å². The van der Waals surface area contributed by atoms with E-state index >= 15 is 0 Å². The highest BCUT2D eigenvalue weighted by Crippen LogP contribution is 2.34. The molecule has 6 nitrogen and oxygen atoms in total. The molecule has 0 unspecified atom stereocenters. The molecule has 1 N–H and O–H groups in total. The number of hydrogen-bond acceptors (Lipinski definition) is 6. The molecule has 27 heavy (non-hydrogen) atoms. The quantitative estimate of drug-likeness (QED) is 0.319. The monoisotopic (exact) mass is 400 g/mol. The number of esters is 1. The minimum atomic E-state index is -4.70. The van der Waals surface area contributed by atoms with Gasteiger partial charge in [-0.05, 0) is 36.1 Å². The Labute approximate surface area is 156 Å². The molecule has 2 rings (SSSR count). The molecule has 0 radical (unpaired) electrons. The van der Waals surface area contributed by atoms with Crippen LogP contribution in [0.5, 0.6) is 0 Å². The predicted octanol–water partition coefficient (Wildman–Crippen LogP) is 4.49. The van der Waals surface area contributed by atoms with Crippen LogP contribution in [-0.2, 0) is 22.3 Å². The largest absolute Gasteiger partial charge is 0.460 e. The molecule has 0 aromatic heterocycles. The number of nitro benzene ring substituents is 1. The highest BCUT2D eigenvalue weighted by molar-refractivity contribution is 7.98. The summed E-state index contributed by atoms with van der Waals surface area (Å²) in [5.41, 5.74) is -1.35. The molecule has 0 bridgehead atoms. The summed E-state index contributed by atoms with van der Waals surface area (Å²) in [6, 6.07) is 9.38. The van der Waals surface area contributed by atoms with Gasteiger partial charge in [-0.3, -0.25) is 14.9 Å². The Morgan fingerprint density at radius 2 is 1.89 bits per heavy atom. The normalized spacial score (nSPS) is 11.1. The van der Waals surface area contributed by atoms with Gasteiger partial charge in [0.15, 0.2) is 0 Å². The number of nitrogens with zero attached hydrogens (tertiary/aromatic N) is 1. The number of thioether (sulfide) groups is 1. The van der Waals surface area contributed by atoms with Gasteiger partial charge >= 0.3 is 12.1 Å². The van der Waals surface area contributed by atoms with Crippen LogP contribution in [0.1, 0.15) is 11.1 Å². The fourth-order valence-corrected chi connectivity index (χ4v) is 2.52. The number of hydrogen-bond donors (Lipinski definition) is 1. The van der Waals surface area contributed by atoms with Gasteiger partial charge in [-0.1, -0.05) is 12.1 Å². The maximum Gasteiger partial charge on any atom is 0.416 e. The van der Waals surface area contributed by atoms with E-state index in [0.29, 0.717) is 12.1 Å². The Kier molecular flexibility index (Phi) is 6.67. The van der Waals surface area contributed by atoms with E-state index < -0.39 is 34.9 Å². The van der Waals surface area contributed by atoms with E-state index in [2.05, 4.69) is 5.32 Å². The zero-order chi connectivity index (χ0) is 20.0. The van der Waals surface area contributed by atoms with E-state index in [1.807, 2.05) is 18.4 Å². The van der Waals surface area contributed by atoms with Crippen molar-refractivity contribution >= 4 is 29.1 Å². The van der Waals surface area contributed by atoms with Gasteiger partial charge in [0.05, 0.1) is 10.5 Å². The summed E-state index contributed by atoms with van der Waals surface area (Å²) in [6.07, 6.45) is -2.77. The van der Waals surface area contributed by atoms with Crippen molar-refractivity contribution in [3.8, 4) is 0 Å². The van der Waals surface area contributed by atoms with Gasteiger partial charge in [-0.15, -0.1) is 11.8 Å². The van der Waals surface area contributed by atoms with Gasteiger partial charge < -0.3 is 10.1 Å². The Morgan fingerprint density at radius 3 is 2.44 bits per heavy atom. The lowest BCUT2D eigenvalue weighted by Gasteiger charge is -2.10. The number of nitro groups is 1. The Morgan fingerprint density at radius 1 is 1.22 bits per heavy atom. The number of carbonyl (C=O) groups excluding carboxylic acids is 1. The van der Waals surface area contributed by atoms with E-state index in [0.717, 1.165) is 16.5 Å². The first-order chi connectivity index (χ1) is 12.7. The number of rotatable bonds is 7. The van der Waals surface area contributed by atoms with E-state index in [-0.39, 0.29) is 12.3 Å². The second-order valence-electron chi connectivity index (χ2n) is 5.35. The van der Waals surface area contributed by atoms with Crippen molar-refractivity contribution in [2.24, 2.45) is 0 Å². The summed E-state index contributed by atoms with van der Waals surface area (Å²) in [5, 5.41) is 13.4. The standard InChI is InChI=1S/C17H15F3N2O4S/c1-27-13-5-2-11(3-6-13)10-26-16(23)9-21-14-7-4-12(17(18,19)20)8-15(14)22(24)25/h2-8,21H,9-10H2,1H3. The lowest BCUT2D eigenvalue weighted by molar-refractivity contribution is -0.384. The van der Waals surface area contributed by atoms with E-state index in [1.165, 1.54) is 0 Å². The maximum atomic E-state index is 12.7. The van der Waals surface area contributed by atoms with Crippen LogP contribution in [0.25, 0.3) is 0 Å². The highest BCUT2D eigenvalue weighted by Gasteiger charge is 2.33. The molecule has 0 heterocycles. The zero-order valence-electron chi connectivity index (χ0n) is 14.1. The molecule has 0 spiro atoms. The molecule has 0 aliphatic heterocycles. The highest BCUT2D eigenvalue weighted by atomic mass is 32.2. The van der Waals surface area contributed by atoms with Gasteiger partial charge in [-0.25, -0.2) is 0 Å². The third-order valence-corrected chi connectivity index (χ3v) is 4.25. The molecule has 0 saturated carbocycles. The first-order valence-corrected chi connectivity index (χ1v) is 8.81. The van der Waals surface area contributed by atoms with Gasteiger partial charge in [0.2, 0.25) is 0 Å². The van der Waals surface area contributed by atoms with Crippen molar-refractivity contribution in [2.45, 2.75) is 17.7 Å².